The summed E-state index contributed by atoms with van der Waals surface area (Å²) in [5, 5.41) is 0. The summed E-state index contributed by atoms with van der Waals surface area (Å²) in [5.74, 6) is 1.16. The van der Waals surface area contributed by atoms with Crippen LogP contribution in [0.25, 0.3) is 17.0 Å². The lowest BCUT2D eigenvalue weighted by molar-refractivity contribution is 0.982. The van der Waals surface area contributed by atoms with Crippen LogP contribution in [0.4, 0.5) is 0 Å². The highest BCUT2D eigenvalue weighted by Crippen LogP contribution is 2.12. The molecule has 3 rings (SSSR count). The van der Waals surface area contributed by atoms with Crippen molar-refractivity contribution < 1.29 is 0 Å². The monoisotopic (exact) mass is 256 g/mol. The maximum atomic E-state index is 5.60. The van der Waals surface area contributed by atoms with Crippen molar-refractivity contribution in [2.24, 2.45) is 5.73 Å². The predicted molar refractivity (Wildman–Crippen MR) is 70.3 cm³/mol. The molecular weight excluding hydrogens is 248 g/mol. The third-order valence-electron chi connectivity index (χ3n) is 2.42. The predicted octanol–water partition coefficient (Wildman–Crippen LogP) is 0.845. The molecule has 18 heavy (non-hydrogen) atoms. The van der Waals surface area contributed by atoms with Crippen molar-refractivity contribution in [3.63, 3.8) is 0 Å². The lowest BCUT2D eigenvalue weighted by atomic mass is 10.4. The SMILES string of the molecule is NC(=S)c1nccn1-c1ccc2nccnc2n1. The van der Waals surface area contributed by atoms with E-state index in [1.54, 1.807) is 29.4 Å². The van der Waals surface area contributed by atoms with Crippen LogP contribution in [0.3, 0.4) is 0 Å². The molecule has 3 heterocycles. The number of hydrogen-bond donors (Lipinski definition) is 1. The number of rotatable bonds is 2. The molecule has 0 saturated carbocycles. The Labute approximate surface area is 108 Å². The molecule has 0 fully saturated rings. The molecule has 0 unspecified atom stereocenters. The van der Waals surface area contributed by atoms with Gasteiger partial charge in [0.15, 0.2) is 11.5 Å². The summed E-state index contributed by atoms with van der Waals surface area (Å²) in [7, 11) is 0. The smallest absolute Gasteiger partial charge is 0.180 e. The second kappa shape index (κ2) is 4.11. The van der Waals surface area contributed by atoms with Crippen LogP contribution in [-0.2, 0) is 0 Å². The van der Waals surface area contributed by atoms with E-state index in [2.05, 4.69) is 19.9 Å². The zero-order valence-corrected chi connectivity index (χ0v) is 10.0. The molecule has 6 nitrogen and oxygen atoms in total. The Balaban J connectivity index is 2.19. The van der Waals surface area contributed by atoms with Gasteiger partial charge in [0.05, 0.1) is 0 Å². The molecule has 0 spiro atoms. The van der Waals surface area contributed by atoms with E-state index in [1.807, 2.05) is 12.1 Å². The number of nitrogens with two attached hydrogens (primary N) is 1. The molecule has 0 aliphatic carbocycles. The van der Waals surface area contributed by atoms with E-state index in [1.165, 1.54) is 0 Å². The number of imidazole rings is 1. The number of thiocarbonyl (C=S) groups is 1. The summed E-state index contributed by atoms with van der Waals surface area (Å²) in [5.41, 5.74) is 6.90. The number of pyridine rings is 1. The van der Waals surface area contributed by atoms with Gasteiger partial charge >= 0.3 is 0 Å². The van der Waals surface area contributed by atoms with Crippen LogP contribution in [-0.4, -0.2) is 29.5 Å². The van der Waals surface area contributed by atoms with Gasteiger partial charge in [0, 0.05) is 24.8 Å². The molecule has 0 amide bonds. The molecule has 0 bridgehead atoms. The molecule has 0 aliphatic rings. The molecule has 3 aromatic heterocycles. The minimum Gasteiger partial charge on any atom is -0.387 e. The van der Waals surface area contributed by atoms with Crippen LogP contribution in [0, 0.1) is 0 Å². The van der Waals surface area contributed by atoms with Crippen molar-refractivity contribution in [3.05, 3.63) is 42.7 Å². The van der Waals surface area contributed by atoms with E-state index < -0.39 is 0 Å². The molecule has 2 N–H and O–H groups in total. The van der Waals surface area contributed by atoms with Gasteiger partial charge < -0.3 is 5.73 Å². The van der Waals surface area contributed by atoms with Crippen LogP contribution in [0.2, 0.25) is 0 Å². The molecule has 7 heteroatoms. The van der Waals surface area contributed by atoms with E-state index in [0.717, 1.165) is 5.52 Å². The molecule has 0 atom stereocenters. The highest BCUT2D eigenvalue weighted by Gasteiger charge is 2.09. The van der Waals surface area contributed by atoms with Gasteiger partial charge in [-0.05, 0) is 12.1 Å². The van der Waals surface area contributed by atoms with E-state index in [-0.39, 0.29) is 4.99 Å². The molecule has 0 radical (unpaired) electrons. The van der Waals surface area contributed by atoms with Crippen molar-refractivity contribution in [1.82, 2.24) is 24.5 Å². The summed E-state index contributed by atoms with van der Waals surface area (Å²) in [4.78, 5) is 17.0. The molecule has 0 aliphatic heterocycles. The summed E-state index contributed by atoms with van der Waals surface area (Å²) < 4.78 is 1.72. The Morgan fingerprint density at radius 3 is 2.78 bits per heavy atom. The Kier molecular flexibility index (Phi) is 2.45. The molecule has 0 aromatic carbocycles. The van der Waals surface area contributed by atoms with Gasteiger partial charge in [-0.2, -0.15) is 0 Å². The third kappa shape index (κ3) is 1.70. The van der Waals surface area contributed by atoms with Gasteiger partial charge in [-0.3, -0.25) is 9.55 Å². The quantitative estimate of drug-likeness (QED) is 0.684. The van der Waals surface area contributed by atoms with Crippen LogP contribution in [0.5, 0.6) is 0 Å². The first-order valence-corrected chi connectivity index (χ1v) is 5.58. The molecule has 88 valence electrons. The highest BCUT2D eigenvalue weighted by molar-refractivity contribution is 7.80. The van der Waals surface area contributed by atoms with E-state index in [0.29, 0.717) is 17.3 Å². The fraction of sp³-hybridized carbons (Fsp3) is 0. The largest absolute Gasteiger partial charge is 0.387 e. The fourth-order valence-corrected chi connectivity index (χ4v) is 1.80. The van der Waals surface area contributed by atoms with Gasteiger partial charge in [-0.25, -0.2) is 15.0 Å². The molecule has 3 aromatic rings. The van der Waals surface area contributed by atoms with Gasteiger partial charge in [-0.1, -0.05) is 12.2 Å². The summed E-state index contributed by atoms with van der Waals surface area (Å²) in [6.45, 7) is 0. The average molecular weight is 256 g/mol. The maximum Gasteiger partial charge on any atom is 0.180 e. The molecular formula is C11H8N6S. The van der Waals surface area contributed by atoms with Crippen LogP contribution >= 0.6 is 12.2 Å². The summed E-state index contributed by atoms with van der Waals surface area (Å²) >= 11 is 4.94. The lowest BCUT2D eigenvalue weighted by Crippen LogP contribution is -2.16. The number of fused-ring (bicyclic) bond motifs is 1. The number of nitrogens with zero attached hydrogens (tertiary/aromatic N) is 5. The minimum atomic E-state index is 0.223. The van der Waals surface area contributed by atoms with Crippen molar-refractivity contribution >= 4 is 28.4 Å². The highest BCUT2D eigenvalue weighted by atomic mass is 32.1. The van der Waals surface area contributed by atoms with Crippen molar-refractivity contribution in [2.75, 3.05) is 0 Å². The van der Waals surface area contributed by atoms with Gasteiger partial charge in [0.1, 0.15) is 16.3 Å². The normalized spacial score (nSPS) is 10.7. The summed E-state index contributed by atoms with van der Waals surface area (Å²) in [6.07, 6.45) is 6.60. The van der Waals surface area contributed by atoms with Crippen LogP contribution < -0.4 is 5.73 Å². The first kappa shape index (κ1) is 10.7. The molecule has 0 saturated heterocycles. The average Bonchev–Trinajstić information content (AvgIpc) is 2.87. The fourth-order valence-electron chi connectivity index (χ4n) is 1.65. The Morgan fingerprint density at radius 1 is 1.11 bits per heavy atom. The van der Waals surface area contributed by atoms with Crippen molar-refractivity contribution in [1.29, 1.82) is 0 Å². The van der Waals surface area contributed by atoms with Crippen molar-refractivity contribution in [2.45, 2.75) is 0 Å². The van der Waals surface area contributed by atoms with E-state index in [9.17, 15) is 0 Å². The van der Waals surface area contributed by atoms with E-state index >= 15 is 0 Å². The Bertz CT molecular complexity index is 735. The first-order chi connectivity index (χ1) is 8.75. The maximum absolute atomic E-state index is 5.60. The minimum absolute atomic E-state index is 0.223. The van der Waals surface area contributed by atoms with Gasteiger partial charge in [0.25, 0.3) is 0 Å². The number of hydrogen-bond acceptors (Lipinski definition) is 5. The summed E-state index contributed by atoms with van der Waals surface area (Å²) in [6, 6.07) is 3.66. The van der Waals surface area contributed by atoms with E-state index in [4.69, 9.17) is 18.0 Å². The zero-order valence-electron chi connectivity index (χ0n) is 9.19. The lowest BCUT2D eigenvalue weighted by Gasteiger charge is -2.05. The van der Waals surface area contributed by atoms with Crippen LogP contribution in [0.15, 0.2) is 36.9 Å². The van der Waals surface area contributed by atoms with Gasteiger partial charge in [-0.15, -0.1) is 0 Å². The second-order valence-electron chi connectivity index (χ2n) is 3.55. The first-order valence-electron chi connectivity index (χ1n) is 5.17. The van der Waals surface area contributed by atoms with Crippen LogP contribution in [0.1, 0.15) is 5.82 Å². The van der Waals surface area contributed by atoms with Gasteiger partial charge in [0.2, 0.25) is 0 Å². The Hall–Kier alpha value is -2.41. The third-order valence-corrected chi connectivity index (χ3v) is 2.61. The van der Waals surface area contributed by atoms with Crippen molar-refractivity contribution in [3.8, 4) is 5.82 Å². The zero-order chi connectivity index (χ0) is 12.5. The topological polar surface area (TPSA) is 82.5 Å². The number of aromatic nitrogens is 5. The Morgan fingerprint density at radius 2 is 1.94 bits per heavy atom. The second-order valence-corrected chi connectivity index (χ2v) is 3.99. The standard InChI is InChI=1S/C11H8N6S/c12-9(18)11-15-5-6-17(11)8-2-1-7-10(16-8)14-4-3-13-7/h1-6H,(H2,12,18).